The lowest BCUT2D eigenvalue weighted by molar-refractivity contribution is 0.260. The van der Waals surface area contributed by atoms with Crippen molar-refractivity contribution < 1.29 is 4.74 Å². The van der Waals surface area contributed by atoms with Crippen molar-refractivity contribution in [2.75, 3.05) is 26.7 Å². The smallest absolute Gasteiger partial charge is 0.118 e. The molecule has 0 amide bonds. The van der Waals surface area contributed by atoms with Crippen LogP contribution in [-0.4, -0.2) is 31.6 Å². The minimum atomic E-state index is 0. The minimum absolute atomic E-state index is 0. The molecule has 1 heterocycles. The molecule has 1 saturated heterocycles. The van der Waals surface area contributed by atoms with Crippen LogP contribution in [0.2, 0.25) is 0 Å². The van der Waals surface area contributed by atoms with E-state index in [4.69, 9.17) is 4.74 Å². The lowest BCUT2D eigenvalue weighted by atomic mass is 9.97. The van der Waals surface area contributed by atoms with Crippen LogP contribution in [-0.2, 0) is 0 Å². The summed E-state index contributed by atoms with van der Waals surface area (Å²) in [6.07, 6.45) is 8.18. The molecule has 1 saturated carbocycles. The maximum absolute atomic E-state index is 5.32. The molecule has 144 valence electrons. The summed E-state index contributed by atoms with van der Waals surface area (Å²) in [4.78, 5) is 2.66. The number of hydrogen-bond donors (Lipinski definition) is 0. The highest BCUT2D eigenvalue weighted by Gasteiger charge is 2.29. The maximum atomic E-state index is 5.32. The summed E-state index contributed by atoms with van der Waals surface area (Å²) in [5.74, 6) is 2.82. The second-order valence-corrected chi connectivity index (χ2v) is 7.81. The van der Waals surface area contributed by atoms with Crippen LogP contribution in [0.1, 0.15) is 36.8 Å². The molecule has 0 N–H and O–H groups in total. The molecule has 4 rings (SSSR count). The highest BCUT2D eigenvalue weighted by Crippen LogP contribution is 2.36. The first-order valence-electron chi connectivity index (χ1n) is 9.94. The Bertz CT molecular complexity index is 741. The van der Waals surface area contributed by atoms with Crippen molar-refractivity contribution in [3.63, 3.8) is 0 Å². The summed E-state index contributed by atoms with van der Waals surface area (Å²) in [5, 5.41) is 0. The normalized spacial score (nSPS) is 22.8. The summed E-state index contributed by atoms with van der Waals surface area (Å²) in [5.41, 5.74) is 3.87. The van der Waals surface area contributed by atoms with Gasteiger partial charge in [0.2, 0.25) is 0 Å². The third-order valence-corrected chi connectivity index (χ3v) is 6.06. The summed E-state index contributed by atoms with van der Waals surface area (Å²) in [7, 11) is 1.72. The van der Waals surface area contributed by atoms with E-state index in [1.807, 2.05) is 0 Å². The Hall–Kier alpha value is -1.77. The van der Waals surface area contributed by atoms with E-state index in [-0.39, 0.29) is 12.4 Å². The number of ether oxygens (including phenoxy) is 1. The van der Waals surface area contributed by atoms with Crippen LogP contribution in [0.5, 0.6) is 5.75 Å². The fourth-order valence-electron chi connectivity index (χ4n) is 4.60. The zero-order valence-electron chi connectivity index (χ0n) is 16.1. The molecule has 2 bridgehead atoms. The third kappa shape index (κ3) is 4.94. The number of halogens is 1. The second kappa shape index (κ2) is 9.43. The number of hydrogen-bond acceptors (Lipinski definition) is 2. The Kier molecular flexibility index (Phi) is 6.98. The van der Waals surface area contributed by atoms with E-state index >= 15 is 0 Å². The second-order valence-electron chi connectivity index (χ2n) is 7.81. The molecule has 2 aromatic rings. The molecule has 2 atom stereocenters. The minimum Gasteiger partial charge on any atom is -0.497 e. The van der Waals surface area contributed by atoms with Crippen molar-refractivity contribution in [1.82, 2.24) is 4.90 Å². The van der Waals surface area contributed by atoms with E-state index in [1.54, 1.807) is 7.11 Å². The molecule has 0 radical (unpaired) electrons. The molecular formula is C24H30ClNO. The Labute approximate surface area is 169 Å². The fourth-order valence-corrected chi connectivity index (χ4v) is 4.60. The van der Waals surface area contributed by atoms with Crippen LogP contribution in [0.3, 0.4) is 0 Å². The Balaban J connectivity index is 0.00000210. The number of rotatable bonds is 5. The van der Waals surface area contributed by atoms with Crippen molar-refractivity contribution in [3.05, 3.63) is 71.8 Å². The van der Waals surface area contributed by atoms with Gasteiger partial charge in [-0.05, 0) is 66.5 Å². The van der Waals surface area contributed by atoms with Gasteiger partial charge in [0, 0.05) is 13.1 Å². The van der Waals surface area contributed by atoms with Crippen molar-refractivity contribution in [1.29, 1.82) is 0 Å². The zero-order valence-corrected chi connectivity index (χ0v) is 17.0. The standard InChI is InChI=1S/C24H29NO.ClH/c1-26-23-11-9-22(10-12-23)24(21-5-3-2-4-6-21)14-16-25-15-13-19-7-8-20(17-19)18-25;/h2-6,9-12,14,19-20H,7-8,13,15-18H2,1H3;1H/b24-14+;. The number of nitrogens with zero attached hydrogens (tertiary/aromatic N) is 1. The van der Waals surface area contributed by atoms with Gasteiger partial charge in [-0.1, -0.05) is 55.0 Å². The van der Waals surface area contributed by atoms with Gasteiger partial charge in [0.05, 0.1) is 7.11 Å². The monoisotopic (exact) mass is 383 g/mol. The van der Waals surface area contributed by atoms with Crippen molar-refractivity contribution in [3.8, 4) is 5.75 Å². The molecular weight excluding hydrogens is 354 g/mol. The predicted molar refractivity (Wildman–Crippen MR) is 116 cm³/mol. The maximum Gasteiger partial charge on any atom is 0.118 e. The highest BCUT2D eigenvalue weighted by atomic mass is 35.5. The average Bonchev–Trinajstić information content (AvgIpc) is 3.04. The van der Waals surface area contributed by atoms with Crippen LogP contribution in [0.4, 0.5) is 0 Å². The largest absolute Gasteiger partial charge is 0.497 e. The fraction of sp³-hybridized carbons (Fsp3) is 0.417. The summed E-state index contributed by atoms with van der Waals surface area (Å²) in [6.45, 7) is 3.57. The third-order valence-electron chi connectivity index (χ3n) is 6.06. The molecule has 1 aliphatic heterocycles. The summed E-state index contributed by atoms with van der Waals surface area (Å²) >= 11 is 0. The highest BCUT2D eigenvalue weighted by molar-refractivity contribution is 5.85. The molecule has 2 aromatic carbocycles. The quantitative estimate of drug-likeness (QED) is 0.659. The van der Waals surface area contributed by atoms with Gasteiger partial charge >= 0.3 is 0 Å². The summed E-state index contributed by atoms with van der Waals surface area (Å²) < 4.78 is 5.32. The van der Waals surface area contributed by atoms with Gasteiger partial charge in [0.1, 0.15) is 5.75 Å². The van der Waals surface area contributed by atoms with E-state index in [0.717, 1.165) is 24.1 Å². The molecule has 2 aliphatic rings. The van der Waals surface area contributed by atoms with Gasteiger partial charge in [-0.2, -0.15) is 0 Å². The zero-order chi connectivity index (χ0) is 17.8. The topological polar surface area (TPSA) is 12.5 Å². The SMILES string of the molecule is COc1ccc(/C(=C/CN2CCC3CCC(C3)C2)c2ccccc2)cc1.Cl. The number of methoxy groups -OCH3 is 1. The lowest BCUT2D eigenvalue weighted by Crippen LogP contribution is -2.29. The molecule has 0 spiro atoms. The van der Waals surface area contributed by atoms with Gasteiger partial charge in [-0.15, -0.1) is 12.4 Å². The van der Waals surface area contributed by atoms with Crippen LogP contribution >= 0.6 is 12.4 Å². The van der Waals surface area contributed by atoms with E-state index in [1.165, 1.54) is 55.5 Å². The van der Waals surface area contributed by atoms with Crippen LogP contribution in [0, 0.1) is 11.8 Å². The van der Waals surface area contributed by atoms with Gasteiger partial charge < -0.3 is 4.74 Å². The summed E-state index contributed by atoms with van der Waals surface area (Å²) in [6, 6.07) is 19.2. The van der Waals surface area contributed by atoms with Crippen molar-refractivity contribution >= 4 is 18.0 Å². The van der Waals surface area contributed by atoms with Crippen molar-refractivity contribution in [2.24, 2.45) is 11.8 Å². The molecule has 1 aliphatic carbocycles. The van der Waals surface area contributed by atoms with Crippen LogP contribution in [0.15, 0.2) is 60.7 Å². The molecule has 3 heteroatoms. The number of likely N-dealkylation sites (tertiary alicyclic amines) is 1. The van der Waals surface area contributed by atoms with Crippen molar-refractivity contribution in [2.45, 2.75) is 25.7 Å². The van der Waals surface area contributed by atoms with Gasteiger partial charge in [-0.3, -0.25) is 4.90 Å². The predicted octanol–water partition coefficient (Wildman–Crippen LogP) is 5.67. The first-order chi connectivity index (χ1) is 12.8. The molecule has 0 aromatic heterocycles. The Morgan fingerprint density at radius 1 is 0.963 bits per heavy atom. The van der Waals surface area contributed by atoms with E-state index < -0.39 is 0 Å². The van der Waals surface area contributed by atoms with Crippen LogP contribution in [0.25, 0.3) is 5.57 Å². The van der Waals surface area contributed by atoms with E-state index in [9.17, 15) is 0 Å². The number of fused-ring (bicyclic) bond motifs is 2. The molecule has 2 unspecified atom stereocenters. The molecule has 2 nitrogen and oxygen atoms in total. The lowest BCUT2D eigenvalue weighted by Gasteiger charge is -2.23. The van der Waals surface area contributed by atoms with Gasteiger partial charge in [0.25, 0.3) is 0 Å². The molecule has 27 heavy (non-hydrogen) atoms. The Morgan fingerprint density at radius 2 is 1.67 bits per heavy atom. The van der Waals surface area contributed by atoms with E-state index in [0.29, 0.717) is 0 Å². The first kappa shape index (κ1) is 20.0. The van der Waals surface area contributed by atoms with Gasteiger partial charge in [0.15, 0.2) is 0 Å². The number of benzene rings is 2. The average molecular weight is 384 g/mol. The van der Waals surface area contributed by atoms with Crippen LogP contribution < -0.4 is 4.74 Å². The van der Waals surface area contributed by atoms with Gasteiger partial charge in [-0.25, -0.2) is 0 Å². The first-order valence-corrected chi connectivity index (χ1v) is 9.94. The Morgan fingerprint density at radius 3 is 2.41 bits per heavy atom. The van der Waals surface area contributed by atoms with E-state index in [2.05, 4.69) is 65.6 Å². The molecule has 2 fully saturated rings.